The highest BCUT2D eigenvalue weighted by molar-refractivity contribution is 6.30. The molecule has 282 valence electrons. The molecular formula is C32H41ClN2O16. The van der Waals surface area contributed by atoms with Gasteiger partial charge in [-0.3, -0.25) is 33.6 Å². The van der Waals surface area contributed by atoms with E-state index < -0.39 is 110 Å². The summed E-state index contributed by atoms with van der Waals surface area (Å²) in [6.45, 7) is 2.36. The van der Waals surface area contributed by atoms with Gasteiger partial charge in [0.25, 0.3) is 11.7 Å². The summed E-state index contributed by atoms with van der Waals surface area (Å²) in [5.41, 5.74) is 0.579. The number of nitrogens with one attached hydrogen (secondary N) is 2. The van der Waals surface area contributed by atoms with E-state index in [-0.39, 0.29) is 19.3 Å². The number of ether oxygens (including phenoxy) is 7. The Bertz CT molecular complexity index is 1440. The summed E-state index contributed by atoms with van der Waals surface area (Å²) in [7, 11) is 0.984. The third kappa shape index (κ3) is 14.1. The zero-order chi connectivity index (χ0) is 38.3. The van der Waals surface area contributed by atoms with Gasteiger partial charge in [0.05, 0.1) is 39.1 Å². The molecule has 0 unspecified atom stereocenters. The number of carboxylic acid groups (broad SMARTS) is 1. The summed E-state index contributed by atoms with van der Waals surface area (Å²) >= 11 is 5.92. The second-order valence-electron chi connectivity index (χ2n) is 11.2. The minimum Gasteiger partial charge on any atom is -0.481 e. The maximum atomic E-state index is 13.4. The summed E-state index contributed by atoms with van der Waals surface area (Å²) in [5, 5.41) is 14.6. The molecule has 18 nitrogen and oxygen atoms in total. The van der Waals surface area contributed by atoms with Crippen molar-refractivity contribution in [2.75, 3.05) is 26.9 Å². The number of aliphatic carboxylic acids is 1. The van der Waals surface area contributed by atoms with Crippen LogP contribution in [0.2, 0.25) is 5.02 Å². The van der Waals surface area contributed by atoms with Crippen LogP contribution in [0.3, 0.4) is 0 Å². The van der Waals surface area contributed by atoms with Gasteiger partial charge in [0, 0.05) is 39.1 Å². The highest BCUT2D eigenvalue weighted by Crippen LogP contribution is 2.37. The Morgan fingerprint density at radius 2 is 1.59 bits per heavy atom. The zero-order valence-corrected chi connectivity index (χ0v) is 29.4. The molecule has 6 atom stereocenters. The topological polar surface area (TPSA) is 245 Å². The van der Waals surface area contributed by atoms with Crippen molar-refractivity contribution in [3.05, 3.63) is 34.9 Å². The van der Waals surface area contributed by atoms with Crippen LogP contribution in [-0.2, 0) is 77.9 Å². The first-order chi connectivity index (χ1) is 24.0. The number of methoxy groups -OCH3 is 1. The Morgan fingerprint density at radius 1 is 0.941 bits per heavy atom. The summed E-state index contributed by atoms with van der Waals surface area (Å²) in [4.78, 5) is 99.1. The van der Waals surface area contributed by atoms with Gasteiger partial charge in [-0.2, -0.15) is 0 Å². The number of carboxylic acids is 1. The van der Waals surface area contributed by atoms with Gasteiger partial charge in [-0.1, -0.05) is 23.7 Å². The predicted octanol–water partition coefficient (Wildman–Crippen LogP) is 0.381. The minimum absolute atomic E-state index is 0.119. The van der Waals surface area contributed by atoms with Crippen LogP contribution in [0.1, 0.15) is 52.5 Å². The molecule has 0 radical (unpaired) electrons. The van der Waals surface area contributed by atoms with Crippen molar-refractivity contribution in [2.45, 2.75) is 89.6 Å². The lowest BCUT2D eigenvalue weighted by Crippen LogP contribution is -2.70. The molecule has 3 N–H and O–H groups in total. The molecule has 0 saturated carbocycles. The van der Waals surface area contributed by atoms with E-state index in [1.807, 2.05) is 0 Å². The summed E-state index contributed by atoms with van der Waals surface area (Å²) < 4.78 is 38.2. The number of rotatable bonds is 18. The van der Waals surface area contributed by atoms with Crippen LogP contribution >= 0.6 is 11.6 Å². The highest BCUT2D eigenvalue weighted by atomic mass is 35.5. The van der Waals surface area contributed by atoms with Gasteiger partial charge >= 0.3 is 35.8 Å². The number of halogens is 1. The van der Waals surface area contributed by atoms with Crippen LogP contribution in [0.15, 0.2) is 24.3 Å². The first-order valence-electron chi connectivity index (χ1n) is 15.5. The molecule has 1 aliphatic heterocycles. The number of amides is 2. The van der Waals surface area contributed by atoms with Crippen molar-refractivity contribution in [1.82, 2.24) is 10.6 Å². The van der Waals surface area contributed by atoms with Gasteiger partial charge in [-0.05, 0) is 24.1 Å². The van der Waals surface area contributed by atoms with Crippen molar-refractivity contribution >= 4 is 59.2 Å². The molecule has 0 aliphatic carbocycles. The smallest absolute Gasteiger partial charge is 0.366 e. The van der Waals surface area contributed by atoms with Crippen molar-refractivity contribution in [2.24, 2.45) is 0 Å². The van der Waals surface area contributed by atoms with Crippen molar-refractivity contribution < 1.29 is 76.6 Å². The molecule has 2 rings (SSSR count). The fourth-order valence-electron chi connectivity index (χ4n) is 5.06. The van der Waals surface area contributed by atoms with E-state index in [0.29, 0.717) is 10.6 Å². The molecule has 1 aromatic carbocycles. The van der Waals surface area contributed by atoms with Crippen LogP contribution in [0.4, 0.5) is 0 Å². The molecule has 1 aromatic rings. The standard InChI is InChI=1S/C32H41ClN2O16/c1-17(36)46-16-26(41)35-28-23(48-18(2)37)14-32(31(44)45-5,47-12-6-7-27(42)43)51-30(28)29(50-20(4)39)24(49-19(3)38)15-34-25(40)13-21-8-10-22(33)11-9-21/h8-11,23-24,28-30H,6-7,12-16H2,1-5H3,(H,34,40)(H,35,41)(H,42,43)/t23-,24+,28+,29+,30+,32+/m0/s1. The van der Waals surface area contributed by atoms with Crippen LogP contribution < -0.4 is 10.6 Å². The fourth-order valence-corrected chi connectivity index (χ4v) is 5.19. The van der Waals surface area contributed by atoms with Crippen molar-refractivity contribution in [1.29, 1.82) is 0 Å². The molecule has 1 aliphatic rings. The zero-order valence-electron chi connectivity index (χ0n) is 28.6. The van der Waals surface area contributed by atoms with Crippen LogP contribution in [0, 0.1) is 0 Å². The Morgan fingerprint density at radius 3 is 2.14 bits per heavy atom. The lowest BCUT2D eigenvalue weighted by molar-refractivity contribution is -0.313. The number of carbonyl (C=O) groups is 8. The number of hydrogen-bond acceptors (Lipinski definition) is 15. The second-order valence-corrected chi connectivity index (χ2v) is 11.7. The van der Waals surface area contributed by atoms with Gasteiger partial charge in [-0.25, -0.2) is 4.79 Å². The summed E-state index contributed by atoms with van der Waals surface area (Å²) in [5.74, 6) is -9.93. The van der Waals surface area contributed by atoms with Crippen molar-refractivity contribution in [3.63, 3.8) is 0 Å². The Kier molecular flexibility index (Phi) is 16.7. The van der Waals surface area contributed by atoms with E-state index in [9.17, 15) is 38.4 Å². The van der Waals surface area contributed by atoms with E-state index in [2.05, 4.69) is 10.6 Å². The number of carbonyl (C=O) groups excluding carboxylic acids is 7. The lowest BCUT2D eigenvalue weighted by Gasteiger charge is -2.48. The van der Waals surface area contributed by atoms with E-state index in [1.165, 1.54) is 0 Å². The average molecular weight is 745 g/mol. The number of esters is 5. The van der Waals surface area contributed by atoms with Gasteiger partial charge < -0.3 is 48.9 Å². The Hall–Kier alpha value is -4.81. The van der Waals surface area contributed by atoms with E-state index in [4.69, 9.17) is 49.9 Å². The summed E-state index contributed by atoms with van der Waals surface area (Å²) in [6.07, 6.45) is -7.98. The monoisotopic (exact) mass is 744 g/mol. The molecule has 1 heterocycles. The van der Waals surface area contributed by atoms with E-state index in [1.54, 1.807) is 24.3 Å². The molecule has 19 heteroatoms. The quantitative estimate of drug-likeness (QED) is 0.104. The van der Waals surface area contributed by atoms with E-state index >= 15 is 0 Å². The third-order valence-electron chi connectivity index (χ3n) is 7.06. The third-order valence-corrected chi connectivity index (χ3v) is 7.31. The Balaban J connectivity index is 2.66. The molecule has 1 fully saturated rings. The fraction of sp³-hybridized carbons (Fsp3) is 0.562. The molecule has 51 heavy (non-hydrogen) atoms. The van der Waals surface area contributed by atoms with Gasteiger partial charge in [0.15, 0.2) is 18.8 Å². The molecule has 1 saturated heterocycles. The highest BCUT2D eigenvalue weighted by Gasteiger charge is 2.59. The molecule has 2 amide bonds. The minimum atomic E-state index is -2.48. The van der Waals surface area contributed by atoms with Gasteiger partial charge in [0.2, 0.25) is 5.91 Å². The summed E-state index contributed by atoms with van der Waals surface area (Å²) in [6, 6.07) is 4.85. The first kappa shape index (κ1) is 42.4. The van der Waals surface area contributed by atoms with Crippen LogP contribution in [0.25, 0.3) is 0 Å². The first-order valence-corrected chi connectivity index (χ1v) is 15.9. The van der Waals surface area contributed by atoms with Crippen LogP contribution in [-0.4, -0.2) is 116 Å². The van der Waals surface area contributed by atoms with E-state index in [0.717, 1.165) is 34.8 Å². The number of benzene rings is 1. The lowest BCUT2D eigenvalue weighted by atomic mass is 9.87. The molecular weight excluding hydrogens is 704 g/mol. The molecule has 0 aromatic heterocycles. The SMILES string of the molecule is COC(=O)[C@@]1(OCCCC(=O)O)C[C@H](OC(C)=O)[C@@H](NC(=O)COC(C)=O)[C@H]([C@H](OC(C)=O)[C@@H](CNC(=O)Cc2ccc(Cl)cc2)OC(C)=O)O1. The maximum absolute atomic E-state index is 13.4. The largest absolute Gasteiger partial charge is 0.481 e. The van der Waals surface area contributed by atoms with Gasteiger partial charge in [-0.15, -0.1) is 0 Å². The normalized spacial score (nSPS) is 20.8. The van der Waals surface area contributed by atoms with Crippen LogP contribution in [0.5, 0.6) is 0 Å². The van der Waals surface area contributed by atoms with Crippen molar-refractivity contribution in [3.8, 4) is 0 Å². The second kappa shape index (κ2) is 20.1. The van der Waals surface area contributed by atoms with Gasteiger partial charge in [0.1, 0.15) is 12.2 Å². The predicted molar refractivity (Wildman–Crippen MR) is 170 cm³/mol. The maximum Gasteiger partial charge on any atom is 0.366 e. The number of hydrogen-bond donors (Lipinski definition) is 3. The Labute approximate surface area is 297 Å². The average Bonchev–Trinajstić information content (AvgIpc) is 3.04. The molecule has 0 spiro atoms. The molecule has 0 bridgehead atoms.